The molecule has 0 unspecified atom stereocenters. The van der Waals surface area contributed by atoms with Crippen molar-refractivity contribution in [3.8, 4) is 44.5 Å². The molecule has 0 aliphatic carbocycles. The first kappa shape index (κ1) is 44.5. The van der Waals surface area contributed by atoms with Crippen molar-refractivity contribution >= 4 is 66.4 Å². The van der Waals surface area contributed by atoms with Gasteiger partial charge < -0.3 is 9.80 Å². The van der Waals surface area contributed by atoms with E-state index in [1.54, 1.807) is 0 Å². The average molecular weight is 925 g/mol. The number of aryl methyl sites for hydroxylation is 6. The first-order chi connectivity index (χ1) is 35.2. The van der Waals surface area contributed by atoms with Crippen LogP contribution in [0, 0.1) is 41.5 Å². The summed E-state index contributed by atoms with van der Waals surface area (Å²) in [5, 5.41) is 7.37. The van der Waals surface area contributed by atoms with E-state index in [-0.39, 0.29) is 0 Å². The molecule has 0 spiro atoms. The Morgan fingerprint density at radius 2 is 0.569 bits per heavy atom. The van der Waals surface area contributed by atoms with E-state index < -0.39 is 0 Å². The zero-order valence-corrected chi connectivity index (χ0v) is 41.8. The molecule has 346 valence electrons. The molecule has 0 aromatic heterocycles. The van der Waals surface area contributed by atoms with Gasteiger partial charge in [-0.25, -0.2) is 0 Å². The molecule has 0 atom stereocenters. The molecule has 0 fully saturated rings. The van der Waals surface area contributed by atoms with Gasteiger partial charge in [0, 0.05) is 22.1 Å². The van der Waals surface area contributed by atoms with Crippen molar-refractivity contribution in [1.29, 1.82) is 0 Å². The molecule has 0 saturated carbocycles. The van der Waals surface area contributed by atoms with Gasteiger partial charge in [-0.3, -0.25) is 0 Å². The van der Waals surface area contributed by atoms with Gasteiger partial charge in [-0.2, -0.15) is 0 Å². The standard InChI is InChI=1S/C70H56N2/c1-45-23-27-53(28-24-45)59-39-57(51-19-9-7-10-20-51)41-61(43-59)71(69-47(3)15-13-16-48(69)4)65-37-33-55-32-36-64-66(38-34-56-31-35-63(65)67(55)68(56)64)72(70-49(5)17-14-18-50(70)6)62-42-58(52-21-11-8-12-22-52)40-60(44-62)54-29-25-46(2)26-30-54/h7-44H,1-6H3. The van der Waals surface area contributed by atoms with Crippen molar-refractivity contribution in [1.82, 2.24) is 0 Å². The Morgan fingerprint density at radius 3 is 0.917 bits per heavy atom. The number of para-hydroxylation sites is 2. The van der Waals surface area contributed by atoms with Crippen molar-refractivity contribution in [3.63, 3.8) is 0 Å². The second-order valence-electron chi connectivity index (χ2n) is 19.7. The first-order valence-corrected chi connectivity index (χ1v) is 25.2. The van der Waals surface area contributed by atoms with Gasteiger partial charge in [-0.05, 0) is 178 Å². The number of rotatable bonds is 10. The third-order valence-corrected chi connectivity index (χ3v) is 14.8. The second kappa shape index (κ2) is 18.2. The lowest BCUT2D eigenvalue weighted by Gasteiger charge is -2.32. The highest BCUT2D eigenvalue weighted by molar-refractivity contribution is 6.28. The van der Waals surface area contributed by atoms with Crippen LogP contribution in [-0.2, 0) is 0 Å². The van der Waals surface area contributed by atoms with E-state index in [1.165, 1.54) is 122 Å². The van der Waals surface area contributed by atoms with E-state index in [2.05, 4.69) is 282 Å². The molecule has 0 radical (unpaired) electrons. The summed E-state index contributed by atoms with van der Waals surface area (Å²) in [6.07, 6.45) is 0. The first-order valence-electron chi connectivity index (χ1n) is 25.2. The fraction of sp³-hybridized carbons (Fsp3) is 0.0857. The van der Waals surface area contributed by atoms with Crippen molar-refractivity contribution in [3.05, 3.63) is 264 Å². The van der Waals surface area contributed by atoms with Crippen molar-refractivity contribution in [2.75, 3.05) is 9.80 Å². The SMILES string of the molecule is Cc1ccc(-c2cc(-c3ccccc3)cc(N(c3c(C)cccc3C)c3ccc4ccc5c(N(c6cc(-c7ccccc7)cc(-c7ccc(C)cc7)c6)c6c(C)cccc6C)ccc6ccc3c4c65)c2)cc1. The summed E-state index contributed by atoms with van der Waals surface area (Å²) in [4.78, 5) is 5.07. The Balaban J connectivity index is 1.13. The minimum Gasteiger partial charge on any atom is -0.309 e. The van der Waals surface area contributed by atoms with Gasteiger partial charge in [0.05, 0.1) is 22.7 Å². The quantitative estimate of drug-likeness (QED) is 0.126. The van der Waals surface area contributed by atoms with Gasteiger partial charge in [0.25, 0.3) is 0 Å². The molecule has 0 bridgehead atoms. The maximum Gasteiger partial charge on any atom is 0.0540 e. The lowest BCUT2D eigenvalue weighted by molar-refractivity contribution is 1.23. The molecular weight excluding hydrogens is 869 g/mol. The number of hydrogen-bond donors (Lipinski definition) is 0. The third kappa shape index (κ3) is 7.96. The van der Waals surface area contributed by atoms with Crippen molar-refractivity contribution in [2.24, 2.45) is 0 Å². The lowest BCUT2D eigenvalue weighted by Crippen LogP contribution is -2.14. The topological polar surface area (TPSA) is 6.48 Å². The van der Waals surface area contributed by atoms with Gasteiger partial charge in [0.15, 0.2) is 0 Å². The molecular formula is C70H56N2. The van der Waals surface area contributed by atoms with Crippen LogP contribution in [0.3, 0.4) is 0 Å². The molecule has 0 N–H and O–H groups in total. The second-order valence-corrected chi connectivity index (χ2v) is 19.7. The van der Waals surface area contributed by atoms with Crippen LogP contribution in [0.15, 0.2) is 231 Å². The Bertz CT molecular complexity index is 3660. The van der Waals surface area contributed by atoms with Crippen LogP contribution in [0.5, 0.6) is 0 Å². The molecule has 12 aromatic rings. The Kier molecular flexibility index (Phi) is 11.3. The van der Waals surface area contributed by atoms with Crippen LogP contribution in [-0.4, -0.2) is 0 Å². The van der Waals surface area contributed by atoms with E-state index in [0.29, 0.717) is 0 Å². The maximum absolute atomic E-state index is 2.53. The summed E-state index contributed by atoms with van der Waals surface area (Å²) < 4.78 is 0. The zero-order valence-electron chi connectivity index (χ0n) is 41.8. The largest absolute Gasteiger partial charge is 0.309 e. The van der Waals surface area contributed by atoms with Crippen LogP contribution < -0.4 is 9.80 Å². The van der Waals surface area contributed by atoms with E-state index in [1.807, 2.05) is 0 Å². The molecule has 0 aliphatic heterocycles. The summed E-state index contributed by atoms with van der Waals surface area (Å²) in [5.74, 6) is 0. The maximum atomic E-state index is 2.53. The molecule has 2 heteroatoms. The smallest absolute Gasteiger partial charge is 0.0540 e. The highest BCUT2D eigenvalue weighted by Gasteiger charge is 2.26. The van der Waals surface area contributed by atoms with Crippen molar-refractivity contribution < 1.29 is 0 Å². The molecule has 2 nitrogen and oxygen atoms in total. The number of hydrogen-bond acceptors (Lipinski definition) is 2. The molecule has 12 rings (SSSR count). The van der Waals surface area contributed by atoms with Gasteiger partial charge in [-0.15, -0.1) is 0 Å². The fourth-order valence-electron chi connectivity index (χ4n) is 11.2. The van der Waals surface area contributed by atoms with E-state index >= 15 is 0 Å². The summed E-state index contributed by atoms with van der Waals surface area (Å²) >= 11 is 0. The minimum absolute atomic E-state index is 1.11. The molecule has 0 saturated heterocycles. The summed E-state index contributed by atoms with van der Waals surface area (Å²) in [5.41, 5.74) is 23.7. The lowest BCUT2D eigenvalue weighted by atomic mass is 9.90. The number of anilines is 6. The predicted molar refractivity (Wildman–Crippen MR) is 310 cm³/mol. The monoisotopic (exact) mass is 924 g/mol. The highest BCUT2D eigenvalue weighted by Crippen LogP contribution is 2.51. The highest BCUT2D eigenvalue weighted by atomic mass is 15.2. The molecule has 0 heterocycles. The van der Waals surface area contributed by atoms with E-state index in [4.69, 9.17) is 0 Å². The third-order valence-electron chi connectivity index (χ3n) is 14.8. The summed E-state index contributed by atoms with van der Waals surface area (Å²) in [6.45, 7) is 13.3. The van der Waals surface area contributed by atoms with Crippen LogP contribution in [0.1, 0.15) is 33.4 Å². The Labute approximate surface area is 424 Å². The zero-order chi connectivity index (χ0) is 49.0. The predicted octanol–water partition coefficient (Wildman–Crippen LogP) is 20.0. The summed E-state index contributed by atoms with van der Waals surface area (Å²) in [6, 6.07) is 85.8. The van der Waals surface area contributed by atoms with E-state index in [9.17, 15) is 0 Å². The number of benzene rings is 12. The van der Waals surface area contributed by atoms with Crippen LogP contribution in [0.25, 0.3) is 76.8 Å². The molecule has 0 amide bonds. The average Bonchev–Trinajstić information content (AvgIpc) is 3.41. The molecule has 72 heavy (non-hydrogen) atoms. The van der Waals surface area contributed by atoms with E-state index in [0.717, 1.165) is 22.7 Å². The van der Waals surface area contributed by atoms with Crippen molar-refractivity contribution in [2.45, 2.75) is 41.5 Å². The Morgan fingerprint density at radius 1 is 0.250 bits per heavy atom. The van der Waals surface area contributed by atoms with Gasteiger partial charge in [0.1, 0.15) is 0 Å². The van der Waals surface area contributed by atoms with Crippen LogP contribution in [0.2, 0.25) is 0 Å². The normalized spacial score (nSPS) is 11.5. The molecule has 12 aromatic carbocycles. The molecule has 0 aliphatic rings. The fourth-order valence-corrected chi connectivity index (χ4v) is 11.2. The van der Waals surface area contributed by atoms with Crippen LogP contribution >= 0.6 is 0 Å². The summed E-state index contributed by atoms with van der Waals surface area (Å²) in [7, 11) is 0. The van der Waals surface area contributed by atoms with Gasteiger partial charge in [-0.1, -0.05) is 193 Å². The van der Waals surface area contributed by atoms with Gasteiger partial charge >= 0.3 is 0 Å². The minimum atomic E-state index is 1.11. The Hall–Kier alpha value is -8.72. The number of nitrogens with zero attached hydrogens (tertiary/aromatic N) is 2. The van der Waals surface area contributed by atoms with Gasteiger partial charge in [0.2, 0.25) is 0 Å². The van der Waals surface area contributed by atoms with Crippen LogP contribution in [0.4, 0.5) is 34.1 Å².